The number of pyridine rings is 1. The SMILES string of the molecule is COc1ccc(N2C(=O)C(=O)/C(=C(\O)c3ccncc3)C2c2cccc(O)c2)cc1. The minimum absolute atomic E-state index is 0.0169. The lowest BCUT2D eigenvalue weighted by atomic mass is 9.95. The highest BCUT2D eigenvalue weighted by molar-refractivity contribution is 6.51. The molecule has 0 aliphatic carbocycles. The molecule has 1 aliphatic rings. The van der Waals surface area contributed by atoms with E-state index < -0.39 is 17.7 Å². The van der Waals surface area contributed by atoms with Crippen molar-refractivity contribution in [1.29, 1.82) is 0 Å². The van der Waals surface area contributed by atoms with Gasteiger partial charge in [-0.25, -0.2) is 0 Å². The number of phenolic OH excluding ortho intramolecular Hbond substituents is 1. The average Bonchev–Trinajstić information content (AvgIpc) is 3.04. The number of amides is 1. The second-order valence-corrected chi connectivity index (χ2v) is 6.70. The number of carbonyl (C=O) groups is 2. The lowest BCUT2D eigenvalue weighted by Crippen LogP contribution is -2.29. The number of benzene rings is 2. The summed E-state index contributed by atoms with van der Waals surface area (Å²) >= 11 is 0. The molecular formula is C23H18N2O5. The second-order valence-electron chi connectivity index (χ2n) is 6.70. The van der Waals surface area contributed by atoms with E-state index >= 15 is 0 Å². The fraction of sp³-hybridized carbons (Fsp3) is 0.0870. The quantitative estimate of drug-likeness (QED) is 0.394. The molecule has 30 heavy (non-hydrogen) atoms. The summed E-state index contributed by atoms with van der Waals surface area (Å²) in [6.45, 7) is 0. The number of aromatic hydroxyl groups is 1. The van der Waals surface area contributed by atoms with Crippen LogP contribution >= 0.6 is 0 Å². The van der Waals surface area contributed by atoms with Crippen molar-refractivity contribution < 1.29 is 24.5 Å². The molecule has 1 atom stereocenters. The molecule has 1 amide bonds. The second kappa shape index (κ2) is 7.71. The first kappa shape index (κ1) is 19.2. The topological polar surface area (TPSA) is 100.0 Å². The smallest absolute Gasteiger partial charge is 0.300 e. The molecule has 0 radical (unpaired) electrons. The molecule has 1 fully saturated rings. The van der Waals surface area contributed by atoms with Crippen LogP contribution in [0, 0.1) is 0 Å². The normalized spacial score (nSPS) is 17.9. The van der Waals surface area contributed by atoms with E-state index in [9.17, 15) is 19.8 Å². The number of anilines is 1. The van der Waals surface area contributed by atoms with Gasteiger partial charge in [-0.1, -0.05) is 12.1 Å². The number of carbonyl (C=O) groups excluding carboxylic acids is 2. The van der Waals surface area contributed by atoms with E-state index in [-0.39, 0.29) is 17.1 Å². The van der Waals surface area contributed by atoms with Crippen molar-refractivity contribution in [2.24, 2.45) is 0 Å². The number of Topliss-reactive ketones (excluding diaryl/α,β-unsaturated/α-hetero) is 1. The summed E-state index contributed by atoms with van der Waals surface area (Å²) in [6.07, 6.45) is 2.97. The van der Waals surface area contributed by atoms with Gasteiger partial charge in [0, 0.05) is 23.6 Å². The van der Waals surface area contributed by atoms with Gasteiger partial charge in [0.2, 0.25) is 0 Å². The molecule has 1 unspecified atom stereocenters. The summed E-state index contributed by atoms with van der Waals surface area (Å²) in [7, 11) is 1.53. The monoisotopic (exact) mass is 402 g/mol. The molecule has 0 saturated carbocycles. The third kappa shape index (κ3) is 3.26. The summed E-state index contributed by atoms with van der Waals surface area (Å²) in [5.41, 5.74) is 1.25. The van der Waals surface area contributed by atoms with Crippen LogP contribution in [0.3, 0.4) is 0 Å². The third-order valence-electron chi connectivity index (χ3n) is 4.93. The number of rotatable bonds is 4. The number of aliphatic hydroxyl groups excluding tert-OH is 1. The lowest BCUT2D eigenvalue weighted by molar-refractivity contribution is -0.132. The van der Waals surface area contributed by atoms with Gasteiger partial charge < -0.3 is 14.9 Å². The number of aromatic nitrogens is 1. The Bertz CT molecular complexity index is 1140. The van der Waals surface area contributed by atoms with E-state index in [0.717, 1.165) is 0 Å². The molecule has 0 spiro atoms. The minimum Gasteiger partial charge on any atom is -0.508 e. The number of ether oxygens (including phenoxy) is 1. The summed E-state index contributed by atoms with van der Waals surface area (Å²) < 4.78 is 5.17. The van der Waals surface area contributed by atoms with Crippen molar-refractivity contribution in [3.8, 4) is 11.5 Å². The van der Waals surface area contributed by atoms with Crippen LogP contribution in [0.1, 0.15) is 17.2 Å². The molecule has 2 aromatic carbocycles. The summed E-state index contributed by atoms with van der Waals surface area (Å²) in [5.74, 6) is -1.31. The van der Waals surface area contributed by atoms with Crippen LogP contribution in [0.15, 0.2) is 78.6 Å². The molecule has 0 bridgehead atoms. The van der Waals surface area contributed by atoms with E-state index in [1.54, 1.807) is 48.5 Å². The van der Waals surface area contributed by atoms with Crippen molar-refractivity contribution in [1.82, 2.24) is 4.98 Å². The van der Waals surface area contributed by atoms with Crippen LogP contribution in [0.2, 0.25) is 0 Å². The molecule has 3 aromatic rings. The van der Waals surface area contributed by atoms with E-state index in [2.05, 4.69) is 4.98 Å². The molecule has 1 aromatic heterocycles. The maximum absolute atomic E-state index is 13.0. The maximum Gasteiger partial charge on any atom is 0.300 e. The molecule has 7 nitrogen and oxygen atoms in total. The number of aliphatic hydroxyl groups is 1. The van der Waals surface area contributed by atoms with Gasteiger partial charge in [0.05, 0.1) is 18.7 Å². The maximum atomic E-state index is 13.0. The summed E-state index contributed by atoms with van der Waals surface area (Å²) in [6, 6.07) is 15.1. The van der Waals surface area contributed by atoms with Crippen molar-refractivity contribution in [2.45, 2.75) is 6.04 Å². The Morgan fingerprint density at radius 1 is 1.03 bits per heavy atom. The fourth-order valence-electron chi connectivity index (χ4n) is 3.52. The molecule has 1 aliphatic heterocycles. The third-order valence-corrected chi connectivity index (χ3v) is 4.93. The zero-order chi connectivity index (χ0) is 21.3. The van der Waals surface area contributed by atoms with Gasteiger partial charge in [-0.2, -0.15) is 0 Å². The molecule has 7 heteroatoms. The highest BCUT2D eigenvalue weighted by Crippen LogP contribution is 2.42. The Morgan fingerprint density at radius 2 is 1.73 bits per heavy atom. The number of hydrogen-bond donors (Lipinski definition) is 2. The summed E-state index contributed by atoms with van der Waals surface area (Å²) in [5, 5.41) is 20.9. The molecule has 150 valence electrons. The van der Waals surface area contributed by atoms with Gasteiger partial charge in [-0.15, -0.1) is 0 Å². The lowest BCUT2D eigenvalue weighted by Gasteiger charge is -2.25. The zero-order valence-corrected chi connectivity index (χ0v) is 16.0. The van der Waals surface area contributed by atoms with Gasteiger partial charge in [0.15, 0.2) is 0 Å². The Morgan fingerprint density at radius 3 is 2.37 bits per heavy atom. The van der Waals surface area contributed by atoms with Crippen LogP contribution < -0.4 is 9.64 Å². The average molecular weight is 402 g/mol. The first-order chi connectivity index (χ1) is 14.5. The highest BCUT2D eigenvalue weighted by Gasteiger charge is 2.47. The number of nitrogens with zero attached hydrogens (tertiary/aromatic N) is 2. The van der Waals surface area contributed by atoms with Gasteiger partial charge in [0.25, 0.3) is 11.7 Å². The molecule has 2 heterocycles. The molecular weight excluding hydrogens is 384 g/mol. The van der Waals surface area contributed by atoms with Crippen molar-refractivity contribution in [3.05, 3.63) is 89.8 Å². The molecule has 4 rings (SSSR count). The Hall–Kier alpha value is -4.13. The first-order valence-corrected chi connectivity index (χ1v) is 9.15. The number of methoxy groups -OCH3 is 1. The Balaban J connectivity index is 1.93. The number of hydrogen-bond acceptors (Lipinski definition) is 6. The van der Waals surface area contributed by atoms with Crippen LogP contribution in [0.4, 0.5) is 5.69 Å². The van der Waals surface area contributed by atoms with Gasteiger partial charge >= 0.3 is 0 Å². The van der Waals surface area contributed by atoms with Crippen LogP contribution in [0.5, 0.6) is 11.5 Å². The largest absolute Gasteiger partial charge is 0.508 e. The molecule has 2 N–H and O–H groups in total. The molecule has 1 saturated heterocycles. The predicted molar refractivity (Wildman–Crippen MR) is 110 cm³/mol. The van der Waals surface area contributed by atoms with Crippen LogP contribution in [-0.2, 0) is 9.59 Å². The fourth-order valence-corrected chi connectivity index (χ4v) is 3.52. The number of phenols is 1. The van der Waals surface area contributed by atoms with E-state index in [1.807, 2.05) is 0 Å². The van der Waals surface area contributed by atoms with Crippen molar-refractivity contribution >= 4 is 23.1 Å². The summed E-state index contributed by atoms with van der Waals surface area (Å²) in [4.78, 5) is 31.2. The first-order valence-electron chi connectivity index (χ1n) is 9.15. The standard InChI is InChI=1S/C23H18N2O5/c1-30-18-7-5-16(6-8-18)25-20(15-3-2-4-17(26)13-15)19(22(28)23(25)29)21(27)14-9-11-24-12-10-14/h2-13,20,26-27H,1H3/b21-19-. The Kier molecular flexibility index (Phi) is 4.93. The van der Waals surface area contributed by atoms with Gasteiger partial charge in [0.1, 0.15) is 17.3 Å². The van der Waals surface area contributed by atoms with E-state index in [1.165, 1.54) is 36.5 Å². The van der Waals surface area contributed by atoms with Crippen LogP contribution in [-0.4, -0.2) is 34.0 Å². The number of ketones is 1. The minimum atomic E-state index is -0.918. The van der Waals surface area contributed by atoms with E-state index in [4.69, 9.17) is 4.74 Å². The van der Waals surface area contributed by atoms with Gasteiger partial charge in [-0.3, -0.25) is 19.5 Å². The van der Waals surface area contributed by atoms with Gasteiger partial charge in [-0.05, 0) is 54.1 Å². The predicted octanol–water partition coefficient (Wildman–Crippen LogP) is 3.42. The highest BCUT2D eigenvalue weighted by atomic mass is 16.5. The Labute approximate surface area is 172 Å². The van der Waals surface area contributed by atoms with Crippen molar-refractivity contribution in [3.63, 3.8) is 0 Å². The van der Waals surface area contributed by atoms with Crippen molar-refractivity contribution in [2.75, 3.05) is 12.0 Å². The van der Waals surface area contributed by atoms with E-state index in [0.29, 0.717) is 22.6 Å². The van der Waals surface area contributed by atoms with Crippen LogP contribution in [0.25, 0.3) is 5.76 Å². The zero-order valence-electron chi connectivity index (χ0n) is 16.0.